The largest absolute Gasteiger partial charge is 0.319 e. The number of benzene rings is 2. The predicted molar refractivity (Wildman–Crippen MR) is 121 cm³/mol. The molecule has 10 heteroatoms. The lowest BCUT2D eigenvalue weighted by molar-refractivity contribution is -0.384. The van der Waals surface area contributed by atoms with Crippen LogP contribution in [0.25, 0.3) is 11.8 Å². The molecular weight excluding hydrogens is 458 g/mol. The third-order valence-corrected chi connectivity index (χ3v) is 5.29. The van der Waals surface area contributed by atoms with Gasteiger partial charge in [0.05, 0.1) is 20.7 Å². The summed E-state index contributed by atoms with van der Waals surface area (Å²) in [5, 5.41) is 22.6. The number of carbonyl (C=O) groups is 1. The maximum Gasteiger partial charge on any atom is 0.272 e. The van der Waals surface area contributed by atoms with Gasteiger partial charge in [0.2, 0.25) is 0 Å². The zero-order chi connectivity index (χ0) is 23.6. The molecule has 0 aliphatic carbocycles. The van der Waals surface area contributed by atoms with Crippen LogP contribution in [0.15, 0.2) is 48.0 Å². The molecule has 162 valence electrons. The molecule has 1 amide bonds. The number of amides is 1. The van der Waals surface area contributed by atoms with Crippen LogP contribution in [0.3, 0.4) is 0 Å². The lowest BCUT2D eigenvalue weighted by atomic mass is 10.1. The predicted octanol–water partition coefficient (Wildman–Crippen LogP) is 5.99. The van der Waals surface area contributed by atoms with Crippen molar-refractivity contribution in [1.82, 2.24) is 4.57 Å². The summed E-state index contributed by atoms with van der Waals surface area (Å²) < 4.78 is 15.1. The van der Waals surface area contributed by atoms with E-state index in [-0.39, 0.29) is 32.8 Å². The second kappa shape index (κ2) is 9.22. The minimum absolute atomic E-state index is 0.0399. The molecule has 1 N–H and O–H groups in total. The smallest absolute Gasteiger partial charge is 0.272 e. The number of aromatic nitrogens is 1. The topological polar surface area (TPSA) is 101 Å². The number of rotatable bonds is 5. The van der Waals surface area contributed by atoms with Gasteiger partial charge < -0.3 is 9.88 Å². The third kappa shape index (κ3) is 4.64. The van der Waals surface area contributed by atoms with Gasteiger partial charge in [0.1, 0.15) is 17.5 Å². The number of halogens is 3. The molecule has 0 saturated carbocycles. The number of hydrogen-bond acceptors (Lipinski definition) is 4. The Morgan fingerprint density at radius 3 is 2.31 bits per heavy atom. The molecule has 0 saturated heterocycles. The van der Waals surface area contributed by atoms with Crippen molar-refractivity contribution in [2.45, 2.75) is 13.8 Å². The van der Waals surface area contributed by atoms with Crippen LogP contribution in [0, 0.1) is 41.1 Å². The second-order valence-corrected chi connectivity index (χ2v) is 7.62. The van der Waals surface area contributed by atoms with E-state index in [0.29, 0.717) is 5.56 Å². The van der Waals surface area contributed by atoms with Crippen molar-refractivity contribution >= 4 is 46.6 Å². The first kappa shape index (κ1) is 23.0. The maximum atomic E-state index is 13.3. The van der Waals surface area contributed by atoms with Gasteiger partial charge in [-0.1, -0.05) is 23.2 Å². The number of aryl methyl sites for hydroxylation is 1. The first-order valence-corrected chi connectivity index (χ1v) is 9.89. The third-order valence-electron chi connectivity index (χ3n) is 4.70. The molecule has 0 radical (unpaired) electrons. The molecule has 1 heterocycles. The highest BCUT2D eigenvalue weighted by Gasteiger charge is 2.19. The molecule has 0 unspecified atom stereocenters. The van der Waals surface area contributed by atoms with E-state index in [1.807, 2.05) is 17.6 Å². The highest BCUT2D eigenvalue weighted by Crippen LogP contribution is 2.35. The Kier molecular flexibility index (Phi) is 6.63. The fraction of sp³-hybridized carbons (Fsp3) is 0.0909. The van der Waals surface area contributed by atoms with Gasteiger partial charge in [0.15, 0.2) is 0 Å². The molecule has 32 heavy (non-hydrogen) atoms. The summed E-state index contributed by atoms with van der Waals surface area (Å²) in [4.78, 5) is 22.9. The number of nitro benzene ring substituents is 1. The fourth-order valence-corrected chi connectivity index (χ4v) is 3.76. The number of carbonyl (C=O) groups excluding carboxylic acids is 1. The van der Waals surface area contributed by atoms with Gasteiger partial charge >= 0.3 is 0 Å². The SMILES string of the molecule is Cc1cc(/C=C(\C#N)C(=O)Nc2c(Cl)cc([N+](=O)[O-])cc2Cl)c(C)n1-c1ccc(F)cc1. The van der Waals surface area contributed by atoms with E-state index in [9.17, 15) is 24.6 Å². The van der Waals surface area contributed by atoms with Crippen molar-refractivity contribution in [3.05, 3.63) is 91.0 Å². The first-order chi connectivity index (χ1) is 15.1. The number of non-ortho nitro benzene ring substituents is 1. The Labute approximate surface area is 192 Å². The molecule has 0 bridgehead atoms. The lowest BCUT2D eigenvalue weighted by Crippen LogP contribution is -2.14. The molecular formula is C22H15Cl2FN4O3. The van der Waals surface area contributed by atoms with Crippen molar-refractivity contribution in [3.63, 3.8) is 0 Å². The zero-order valence-corrected chi connectivity index (χ0v) is 18.3. The minimum Gasteiger partial charge on any atom is -0.319 e. The molecule has 1 aromatic heterocycles. The van der Waals surface area contributed by atoms with Gasteiger partial charge in [-0.2, -0.15) is 5.26 Å². The summed E-state index contributed by atoms with van der Waals surface area (Å²) in [5.74, 6) is -1.14. The van der Waals surface area contributed by atoms with Crippen molar-refractivity contribution in [2.24, 2.45) is 0 Å². The summed E-state index contributed by atoms with van der Waals surface area (Å²) >= 11 is 12.0. The number of anilines is 1. The summed E-state index contributed by atoms with van der Waals surface area (Å²) in [5.41, 5.74) is 2.30. The van der Waals surface area contributed by atoms with Crippen LogP contribution < -0.4 is 5.32 Å². The Morgan fingerprint density at radius 2 is 1.78 bits per heavy atom. The lowest BCUT2D eigenvalue weighted by Gasteiger charge is -2.10. The molecule has 3 rings (SSSR count). The van der Waals surface area contributed by atoms with Crippen LogP contribution in [0.5, 0.6) is 0 Å². The summed E-state index contributed by atoms with van der Waals surface area (Å²) in [7, 11) is 0. The van der Waals surface area contributed by atoms with Gasteiger partial charge in [-0.05, 0) is 55.8 Å². The second-order valence-electron chi connectivity index (χ2n) is 6.80. The number of nitriles is 1. The fourth-order valence-electron chi connectivity index (χ4n) is 3.19. The average molecular weight is 473 g/mol. The number of nitrogens with zero attached hydrogens (tertiary/aromatic N) is 3. The average Bonchev–Trinajstić information content (AvgIpc) is 3.02. The van der Waals surface area contributed by atoms with Crippen LogP contribution in [-0.4, -0.2) is 15.4 Å². The van der Waals surface area contributed by atoms with Crippen molar-refractivity contribution < 1.29 is 14.1 Å². The van der Waals surface area contributed by atoms with Gasteiger partial charge in [-0.15, -0.1) is 0 Å². The molecule has 3 aromatic rings. The Hall–Kier alpha value is -3.67. The van der Waals surface area contributed by atoms with E-state index in [1.54, 1.807) is 25.1 Å². The number of nitro groups is 1. The van der Waals surface area contributed by atoms with E-state index >= 15 is 0 Å². The van der Waals surface area contributed by atoms with Crippen LogP contribution in [0.4, 0.5) is 15.8 Å². The number of hydrogen-bond donors (Lipinski definition) is 1. The maximum absolute atomic E-state index is 13.3. The van der Waals surface area contributed by atoms with Gasteiger partial charge in [-0.3, -0.25) is 14.9 Å². The molecule has 0 spiro atoms. The molecule has 7 nitrogen and oxygen atoms in total. The minimum atomic E-state index is -0.781. The van der Waals surface area contributed by atoms with Crippen molar-refractivity contribution in [3.8, 4) is 11.8 Å². The molecule has 2 aromatic carbocycles. The summed E-state index contributed by atoms with van der Waals surface area (Å²) in [6.45, 7) is 3.65. The Balaban J connectivity index is 1.94. The standard InChI is InChI=1S/C22H15Cl2FN4O3/c1-12-7-14(13(2)28(12)17-5-3-16(25)4-6-17)8-15(11-26)22(30)27-21-19(23)9-18(29(31)32)10-20(21)24/h3-10H,1-2H3,(H,27,30)/b15-8+. The normalized spacial score (nSPS) is 11.2. The van der Waals surface area contributed by atoms with Crippen LogP contribution in [0.1, 0.15) is 17.0 Å². The van der Waals surface area contributed by atoms with E-state index in [2.05, 4.69) is 5.32 Å². The van der Waals surface area contributed by atoms with Crippen LogP contribution in [-0.2, 0) is 4.79 Å². The Morgan fingerprint density at radius 1 is 1.19 bits per heavy atom. The molecule has 0 aliphatic heterocycles. The van der Waals surface area contributed by atoms with E-state index < -0.39 is 10.8 Å². The highest BCUT2D eigenvalue weighted by molar-refractivity contribution is 6.40. The van der Waals surface area contributed by atoms with E-state index in [0.717, 1.165) is 29.2 Å². The van der Waals surface area contributed by atoms with Crippen LogP contribution in [0.2, 0.25) is 10.0 Å². The zero-order valence-electron chi connectivity index (χ0n) is 16.8. The van der Waals surface area contributed by atoms with Gasteiger partial charge in [0.25, 0.3) is 11.6 Å². The van der Waals surface area contributed by atoms with E-state index in [4.69, 9.17) is 23.2 Å². The van der Waals surface area contributed by atoms with Crippen LogP contribution >= 0.6 is 23.2 Å². The quantitative estimate of drug-likeness (QED) is 0.213. The first-order valence-electron chi connectivity index (χ1n) is 9.14. The monoisotopic (exact) mass is 472 g/mol. The molecule has 0 fully saturated rings. The molecule has 0 atom stereocenters. The van der Waals surface area contributed by atoms with Gasteiger partial charge in [0, 0.05) is 29.2 Å². The molecule has 0 aliphatic rings. The van der Waals surface area contributed by atoms with Crippen molar-refractivity contribution in [2.75, 3.05) is 5.32 Å². The highest BCUT2D eigenvalue weighted by atomic mass is 35.5. The number of nitrogens with one attached hydrogen (secondary N) is 1. The van der Waals surface area contributed by atoms with Gasteiger partial charge in [-0.25, -0.2) is 4.39 Å². The summed E-state index contributed by atoms with van der Waals surface area (Å²) in [6.07, 6.45) is 1.41. The van der Waals surface area contributed by atoms with E-state index in [1.165, 1.54) is 18.2 Å². The van der Waals surface area contributed by atoms with Crippen molar-refractivity contribution in [1.29, 1.82) is 5.26 Å². The summed E-state index contributed by atoms with van der Waals surface area (Å²) in [6, 6.07) is 11.7. The Bertz CT molecular complexity index is 1280.